The number of ether oxygens (including phenoxy) is 1. The van der Waals surface area contributed by atoms with Gasteiger partial charge in [0.25, 0.3) is 10.9 Å². The zero-order chi connectivity index (χ0) is 21.7. The lowest BCUT2D eigenvalue weighted by Gasteiger charge is -2.26. The summed E-state index contributed by atoms with van der Waals surface area (Å²) < 4.78 is 5.52. The van der Waals surface area contributed by atoms with Gasteiger partial charge in [0.2, 0.25) is 0 Å². The van der Waals surface area contributed by atoms with Crippen LogP contribution in [0.25, 0.3) is 0 Å². The van der Waals surface area contributed by atoms with E-state index in [0.29, 0.717) is 18.8 Å². The van der Waals surface area contributed by atoms with Gasteiger partial charge in [0.1, 0.15) is 23.2 Å². The number of nitrogens with one attached hydrogen (secondary N) is 1. The van der Waals surface area contributed by atoms with Crippen molar-refractivity contribution in [2.75, 3.05) is 23.3 Å². The fourth-order valence-electron chi connectivity index (χ4n) is 3.10. The highest BCUT2D eigenvalue weighted by Gasteiger charge is 2.28. The van der Waals surface area contributed by atoms with Gasteiger partial charge in [-0.1, -0.05) is 12.1 Å². The molecule has 0 bridgehead atoms. The predicted molar refractivity (Wildman–Crippen MR) is 112 cm³/mol. The molecule has 0 unspecified atom stereocenters. The summed E-state index contributed by atoms with van der Waals surface area (Å²) in [6.45, 7) is 4.81. The standard InChI is InChI=1S/C21H22N4O5/c1-3-25(4-2)17-16(18(26)19(17)27)24-15(20(28)29)12-13-6-8-14(9-7-13)30-21-22-10-5-11-23-21/h5-11,15,24H,3-4,12H2,1-2H3,(H,28,29)/t15-/m0/s1. The summed E-state index contributed by atoms with van der Waals surface area (Å²) in [7, 11) is 0. The SMILES string of the molecule is CCN(CC)c1c(N[C@@H](Cc2ccc(Oc3ncccn3)cc2)C(=O)O)c(=O)c1=O. The molecule has 0 fully saturated rings. The number of benzene rings is 1. The first-order valence-corrected chi connectivity index (χ1v) is 9.56. The Morgan fingerprint density at radius 3 is 2.30 bits per heavy atom. The van der Waals surface area contributed by atoms with E-state index < -0.39 is 22.9 Å². The summed E-state index contributed by atoms with van der Waals surface area (Å²) in [5.74, 6) is -0.609. The molecule has 0 aliphatic carbocycles. The lowest BCUT2D eigenvalue weighted by molar-refractivity contribution is -0.137. The molecule has 30 heavy (non-hydrogen) atoms. The Labute approximate surface area is 172 Å². The molecule has 0 amide bonds. The molecule has 3 aromatic rings. The van der Waals surface area contributed by atoms with Gasteiger partial charge < -0.3 is 20.1 Å². The van der Waals surface area contributed by atoms with Gasteiger partial charge in [-0.25, -0.2) is 14.8 Å². The van der Waals surface area contributed by atoms with Crippen LogP contribution in [0, 0.1) is 0 Å². The lowest BCUT2D eigenvalue weighted by atomic mass is 10.0. The van der Waals surface area contributed by atoms with Crippen molar-refractivity contribution < 1.29 is 14.6 Å². The minimum Gasteiger partial charge on any atom is -0.480 e. The number of hydrogen-bond acceptors (Lipinski definition) is 8. The fourth-order valence-corrected chi connectivity index (χ4v) is 3.10. The minimum absolute atomic E-state index is 0.0669. The minimum atomic E-state index is -1.12. The molecule has 1 heterocycles. The summed E-state index contributed by atoms with van der Waals surface area (Å²) in [5, 5.41) is 12.4. The summed E-state index contributed by atoms with van der Waals surface area (Å²) in [6, 6.07) is 7.64. The maximum Gasteiger partial charge on any atom is 0.326 e. The second-order valence-corrected chi connectivity index (χ2v) is 6.57. The highest BCUT2D eigenvalue weighted by atomic mass is 16.5. The molecule has 0 saturated heterocycles. The van der Waals surface area contributed by atoms with Gasteiger partial charge in [-0.05, 0) is 37.6 Å². The number of rotatable bonds is 10. The number of carboxylic acids is 1. The molecule has 0 radical (unpaired) electrons. The van der Waals surface area contributed by atoms with Crippen LogP contribution in [0.15, 0.2) is 52.3 Å². The van der Waals surface area contributed by atoms with Crippen LogP contribution in [0.5, 0.6) is 11.8 Å². The smallest absolute Gasteiger partial charge is 0.326 e. The van der Waals surface area contributed by atoms with Crippen LogP contribution >= 0.6 is 0 Å². The molecule has 0 aliphatic heterocycles. The van der Waals surface area contributed by atoms with Crippen molar-refractivity contribution in [2.45, 2.75) is 26.3 Å². The molecule has 2 aromatic carbocycles. The van der Waals surface area contributed by atoms with E-state index >= 15 is 0 Å². The molecule has 9 nitrogen and oxygen atoms in total. The number of aromatic nitrogens is 2. The van der Waals surface area contributed by atoms with E-state index in [9.17, 15) is 19.5 Å². The quantitative estimate of drug-likeness (QED) is 0.482. The molecular weight excluding hydrogens is 388 g/mol. The maximum absolute atomic E-state index is 12.0. The van der Waals surface area contributed by atoms with Gasteiger partial charge in [-0.15, -0.1) is 0 Å². The van der Waals surface area contributed by atoms with Crippen LogP contribution in [0.4, 0.5) is 11.4 Å². The second-order valence-electron chi connectivity index (χ2n) is 6.57. The summed E-state index contributed by atoms with van der Waals surface area (Å²) in [6.07, 6.45) is 3.24. The average Bonchev–Trinajstić information content (AvgIpc) is 2.76. The number of carbonyl (C=O) groups is 1. The Bertz CT molecular complexity index is 1070. The van der Waals surface area contributed by atoms with Crippen molar-refractivity contribution >= 4 is 17.3 Å². The van der Waals surface area contributed by atoms with E-state index in [4.69, 9.17) is 4.74 Å². The summed E-state index contributed by atoms with van der Waals surface area (Å²) >= 11 is 0. The molecule has 2 N–H and O–H groups in total. The van der Waals surface area contributed by atoms with E-state index in [0.717, 1.165) is 5.56 Å². The number of anilines is 2. The van der Waals surface area contributed by atoms with E-state index in [1.54, 1.807) is 47.6 Å². The third kappa shape index (κ3) is 4.45. The first kappa shape index (κ1) is 21.0. The van der Waals surface area contributed by atoms with Crippen LogP contribution in [0.1, 0.15) is 19.4 Å². The van der Waals surface area contributed by atoms with E-state index in [1.807, 2.05) is 13.8 Å². The van der Waals surface area contributed by atoms with Crippen molar-refractivity contribution in [1.29, 1.82) is 0 Å². The monoisotopic (exact) mass is 410 g/mol. The van der Waals surface area contributed by atoms with Crippen molar-refractivity contribution in [3.63, 3.8) is 0 Å². The molecule has 0 spiro atoms. The normalized spacial score (nSPS) is 11.8. The Hall–Kier alpha value is -3.75. The number of nitrogens with zero attached hydrogens (tertiary/aromatic N) is 3. The van der Waals surface area contributed by atoms with Gasteiger partial charge in [0, 0.05) is 31.9 Å². The van der Waals surface area contributed by atoms with Crippen LogP contribution in [0.2, 0.25) is 0 Å². The predicted octanol–water partition coefficient (Wildman–Crippen LogP) is 1.82. The van der Waals surface area contributed by atoms with Crippen molar-refractivity contribution in [2.24, 2.45) is 0 Å². The molecule has 0 aliphatic rings. The maximum atomic E-state index is 12.0. The Morgan fingerprint density at radius 2 is 1.73 bits per heavy atom. The van der Waals surface area contributed by atoms with Gasteiger partial charge in [-0.3, -0.25) is 9.59 Å². The number of carboxylic acid groups (broad SMARTS) is 1. The van der Waals surface area contributed by atoms with Gasteiger partial charge in [0.05, 0.1) is 0 Å². The number of aliphatic carboxylic acids is 1. The van der Waals surface area contributed by atoms with Gasteiger partial charge >= 0.3 is 12.0 Å². The Kier molecular flexibility index (Phi) is 6.41. The van der Waals surface area contributed by atoms with Crippen molar-refractivity contribution in [1.82, 2.24) is 9.97 Å². The highest BCUT2D eigenvalue weighted by molar-refractivity contribution is 5.83. The second kappa shape index (κ2) is 9.17. The Morgan fingerprint density at radius 1 is 1.10 bits per heavy atom. The summed E-state index contributed by atoms with van der Waals surface area (Å²) in [4.78, 5) is 45.4. The van der Waals surface area contributed by atoms with E-state index in [-0.39, 0.29) is 23.8 Å². The Balaban J connectivity index is 1.73. The molecular formula is C21H22N4O5. The van der Waals surface area contributed by atoms with Crippen LogP contribution in [-0.2, 0) is 11.2 Å². The van der Waals surface area contributed by atoms with E-state index in [2.05, 4.69) is 15.3 Å². The van der Waals surface area contributed by atoms with Gasteiger partial charge in [-0.2, -0.15) is 0 Å². The zero-order valence-corrected chi connectivity index (χ0v) is 16.7. The van der Waals surface area contributed by atoms with Gasteiger partial charge in [0.15, 0.2) is 0 Å². The van der Waals surface area contributed by atoms with Crippen molar-refractivity contribution in [3.05, 3.63) is 68.7 Å². The first-order valence-electron chi connectivity index (χ1n) is 9.56. The van der Waals surface area contributed by atoms with Crippen LogP contribution < -0.4 is 25.8 Å². The molecule has 3 rings (SSSR count). The first-order chi connectivity index (χ1) is 14.4. The zero-order valence-electron chi connectivity index (χ0n) is 16.7. The largest absolute Gasteiger partial charge is 0.480 e. The highest BCUT2D eigenvalue weighted by Crippen LogP contribution is 2.23. The molecule has 156 valence electrons. The molecule has 9 heteroatoms. The third-order valence-corrected chi connectivity index (χ3v) is 4.70. The molecule has 0 saturated carbocycles. The third-order valence-electron chi connectivity index (χ3n) is 4.70. The van der Waals surface area contributed by atoms with Crippen LogP contribution in [-0.4, -0.2) is 40.2 Å². The van der Waals surface area contributed by atoms with Crippen molar-refractivity contribution in [3.8, 4) is 11.8 Å². The number of hydrogen-bond donors (Lipinski definition) is 2. The molecule has 1 atom stereocenters. The molecule has 1 aromatic heterocycles. The summed E-state index contributed by atoms with van der Waals surface area (Å²) in [5.41, 5.74) is -0.232. The van der Waals surface area contributed by atoms with E-state index in [1.165, 1.54) is 0 Å². The fraction of sp³-hybridized carbons (Fsp3) is 0.286. The lowest BCUT2D eigenvalue weighted by Crippen LogP contribution is -2.45. The topological polar surface area (TPSA) is 122 Å². The average molecular weight is 410 g/mol. The van der Waals surface area contributed by atoms with Crippen LogP contribution in [0.3, 0.4) is 0 Å².